The summed E-state index contributed by atoms with van der Waals surface area (Å²) in [6.07, 6.45) is 0. The molecule has 60 heavy (non-hydrogen) atoms. The highest BCUT2D eigenvalue weighted by atomic mass is 15.1. The van der Waals surface area contributed by atoms with Crippen LogP contribution in [0.4, 0.5) is 17.1 Å². The summed E-state index contributed by atoms with van der Waals surface area (Å²) in [5, 5.41) is 10.6. The van der Waals surface area contributed by atoms with Crippen LogP contribution < -0.4 is 4.90 Å². The van der Waals surface area contributed by atoms with Crippen molar-refractivity contribution in [1.82, 2.24) is 8.80 Å². The lowest BCUT2D eigenvalue weighted by atomic mass is 9.84. The van der Waals surface area contributed by atoms with Crippen molar-refractivity contribution in [3.63, 3.8) is 0 Å². The molecule has 0 aliphatic carbocycles. The Morgan fingerprint density at radius 2 is 0.800 bits per heavy atom. The molecule has 3 heteroatoms. The number of hydrogen-bond donors (Lipinski definition) is 0. The Labute approximate surface area is 353 Å². The predicted molar refractivity (Wildman–Crippen MR) is 261 cm³/mol. The van der Waals surface area contributed by atoms with Gasteiger partial charge in [0.2, 0.25) is 0 Å². The standard InChI is InChI=1S/C57H55N3/c1-33(2)34-17-20-39(21-18-34)58(38-15-13-12-14-16-38)40-22-23-41-45-26-36(56(6,7)8)28-47-44-31-51-43(32-52(44)60(53(45)47)50(41)30-40)48-29-37(57(9,10)11)27-46-42-25-35(55(3,4)5)19-24-49(42)59(51)54(46)48/h12-33H,1-11H3. The van der Waals surface area contributed by atoms with E-state index in [9.17, 15) is 0 Å². The number of aromatic nitrogens is 2. The highest BCUT2D eigenvalue weighted by Gasteiger charge is 2.28. The molecule has 0 atom stereocenters. The number of hydrogen-bond acceptors (Lipinski definition) is 1. The molecule has 0 aliphatic heterocycles. The Hall–Kier alpha value is -6.06. The first-order valence-electron chi connectivity index (χ1n) is 21.9. The van der Waals surface area contributed by atoms with Crippen molar-refractivity contribution in [3.05, 3.63) is 150 Å². The minimum atomic E-state index is -0.0159. The molecule has 0 spiro atoms. The largest absolute Gasteiger partial charge is 0.310 e. The summed E-state index contributed by atoms with van der Waals surface area (Å²) in [6, 6.07) is 49.2. The third kappa shape index (κ3) is 5.27. The minimum absolute atomic E-state index is 0.00123. The molecule has 11 rings (SSSR count). The molecule has 4 aromatic heterocycles. The molecule has 298 valence electrons. The van der Waals surface area contributed by atoms with Crippen LogP contribution in [0, 0.1) is 0 Å². The van der Waals surface area contributed by atoms with Gasteiger partial charge in [-0.25, -0.2) is 0 Å². The maximum absolute atomic E-state index is 2.59. The second-order valence-electron chi connectivity index (χ2n) is 21.0. The number of anilines is 3. The fourth-order valence-electron chi connectivity index (χ4n) is 10.1. The lowest BCUT2D eigenvalue weighted by molar-refractivity contribution is 0.590. The molecule has 0 fully saturated rings. The summed E-state index contributed by atoms with van der Waals surface area (Å²) >= 11 is 0. The van der Waals surface area contributed by atoms with Crippen molar-refractivity contribution >= 4 is 93.3 Å². The molecule has 11 aromatic rings. The smallest absolute Gasteiger partial charge is 0.0620 e. The lowest BCUT2D eigenvalue weighted by Gasteiger charge is -2.26. The summed E-state index contributed by atoms with van der Waals surface area (Å²) in [7, 11) is 0. The third-order valence-corrected chi connectivity index (χ3v) is 13.6. The maximum atomic E-state index is 2.59. The first-order valence-corrected chi connectivity index (χ1v) is 21.9. The Balaban J connectivity index is 1.26. The number of fused-ring (bicyclic) bond motifs is 12. The molecule has 0 N–H and O–H groups in total. The minimum Gasteiger partial charge on any atom is -0.310 e. The molecule has 0 amide bonds. The molecular weight excluding hydrogens is 727 g/mol. The third-order valence-electron chi connectivity index (χ3n) is 13.6. The predicted octanol–water partition coefficient (Wildman–Crippen LogP) is 16.5. The quantitative estimate of drug-likeness (QED) is 0.173. The molecule has 0 aliphatic rings. The molecule has 7 aromatic carbocycles. The number of rotatable bonds is 4. The van der Waals surface area contributed by atoms with E-state index in [0.29, 0.717) is 5.92 Å². The van der Waals surface area contributed by atoms with Crippen molar-refractivity contribution in [3.8, 4) is 0 Å². The van der Waals surface area contributed by atoms with E-state index in [1.807, 2.05) is 0 Å². The topological polar surface area (TPSA) is 12.1 Å². The van der Waals surface area contributed by atoms with Crippen LogP contribution in [0.2, 0.25) is 0 Å². The zero-order valence-electron chi connectivity index (χ0n) is 37.0. The fourth-order valence-corrected chi connectivity index (χ4v) is 10.1. The van der Waals surface area contributed by atoms with E-state index in [2.05, 4.69) is 217 Å². The second-order valence-corrected chi connectivity index (χ2v) is 21.0. The summed E-state index contributed by atoms with van der Waals surface area (Å²) in [6.45, 7) is 25.6. The van der Waals surface area contributed by atoms with E-state index in [-0.39, 0.29) is 16.2 Å². The van der Waals surface area contributed by atoms with E-state index >= 15 is 0 Å². The Morgan fingerprint density at radius 1 is 0.367 bits per heavy atom. The van der Waals surface area contributed by atoms with Gasteiger partial charge in [0.15, 0.2) is 0 Å². The van der Waals surface area contributed by atoms with Crippen LogP contribution in [-0.2, 0) is 16.2 Å². The van der Waals surface area contributed by atoms with Crippen LogP contribution in [0.1, 0.15) is 104 Å². The first kappa shape index (κ1) is 37.0. The summed E-state index contributed by atoms with van der Waals surface area (Å²) < 4.78 is 5.16. The number of para-hydroxylation sites is 1. The monoisotopic (exact) mass is 781 g/mol. The molecule has 0 saturated heterocycles. The van der Waals surface area contributed by atoms with E-state index in [4.69, 9.17) is 0 Å². The van der Waals surface area contributed by atoms with Crippen molar-refractivity contribution in [1.29, 1.82) is 0 Å². The van der Waals surface area contributed by atoms with Gasteiger partial charge in [0.25, 0.3) is 0 Å². The van der Waals surface area contributed by atoms with Gasteiger partial charge in [0.05, 0.1) is 33.1 Å². The van der Waals surface area contributed by atoms with Gasteiger partial charge in [-0.1, -0.05) is 119 Å². The Morgan fingerprint density at radius 3 is 1.32 bits per heavy atom. The van der Waals surface area contributed by atoms with E-state index in [1.54, 1.807) is 0 Å². The highest BCUT2D eigenvalue weighted by Crippen LogP contribution is 2.48. The van der Waals surface area contributed by atoms with Gasteiger partial charge in [0, 0.05) is 60.2 Å². The van der Waals surface area contributed by atoms with Crippen molar-refractivity contribution in [2.75, 3.05) is 4.90 Å². The van der Waals surface area contributed by atoms with Crippen LogP contribution in [0.5, 0.6) is 0 Å². The van der Waals surface area contributed by atoms with Crippen LogP contribution >= 0.6 is 0 Å². The van der Waals surface area contributed by atoms with E-state index in [1.165, 1.54) is 98.4 Å². The molecule has 0 saturated carbocycles. The Bertz CT molecular complexity index is 3480. The van der Waals surface area contributed by atoms with Gasteiger partial charge in [-0.2, -0.15) is 0 Å². The molecular formula is C57H55N3. The van der Waals surface area contributed by atoms with Gasteiger partial charge in [-0.15, -0.1) is 0 Å². The van der Waals surface area contributed by atoms with E-state index < -0.39 is 0 Å². The summed E-state index contributed by atoms with van der Waals surface area (Å²) in [5.41, 5.74) is 16.6. The van der Waals surface area contributed by atoms with Crippen LogP contribution in [0.25, 0.3) is 76.2 Å². The maximum Gasteiger partial charge on any atom is 0.0620 e. The zero-order valence-corrected chi connectivity index (χ0v) is 37.0. The average Bonchev–Trinajstić information content (AvgIpc) is 3.92. The highest BCUT2D eigenvalue weighted by molar-refractivity contribution is 6.29. The molecule has 3 nitrogen and oxygen atoms in total. The fraction of sp³-hybridized carbons (Fsp3) is 0.263. The Kier molecular flexibility index (Phi) is 7.55. The van der Waals surface area contributed by atoms with Crippen LogP contribution in [0.3, 0.4) is 0 Å². The second kappa shape index (κ2) is 12.3. The molecule has 0 unspecified atom stereocenters. The number of nitrogens with zero attached hydrogens (tertiary/aromatic N) is 3. The van der Waals surface area contributed by atoms with Crippen LogP contribution in [-0.4, -0.2) is 8.80 Å². The van der Waals surface area contributed by atoms with Gasteiger partial charge < -0.3 is 13.7 Å². The first-order chi connectivity index (χ1) is 28.5. The van der Waals surface area contributed by atoms with Crippen molar-refractivity contribution in [2.45, 2.75) is 98.3 Å². The normalized spacial score (nSPS) is 13.4. The van der Waals surface area contributed by atoms with Gasteiger partial charge in [-0.05, 0) is 129 Å². The zero-order chi connectivity index (χ0) is 41.8. The SMILES string of the molecule is CC(C)c1ccc(N(c2ccccc2)c2ccc3c4cc(C(C)(C)C)cc5c6cc7c(cc6n(c3c2)c45)c2cc(C(C)(C)C)cc3c4cc(C(C)(C)C)ccc4n7c32)cc1. The lowest BCUT2D eigenvalue weighted by Crippen LogP contribution is -2.11. The van der Waals surface area contributed by atoms with Gasteiger partial charge in [-0.3, -0.25) is 0 Å². The summed E-state index contributed by atoms with van der Waals surface area (Å²) in [5.74, 6) is 0.474. The van der Waals surface area contributed by atoms with Crippen molar-refractivity contribution < 1.29 is 0 Å². The van der Waals surface area contributed by atoms with Crippen LogP contribution in [0.15, 0.2) is 127 Å². The van der Waals surface area contributed by atoms with Crippen molar-refractivity contribution in [2.24, 2.45) is 0 Å². The number of benzene rings is 7. The molecule has 4 heterocycles. The summed E-state index contributed by atoms with van der Waals surface area (Å²) in [4.78, 5) is 2.41. The molecule has 0 bridgehead atoms. The van der Waals surface area contributed by atoms with Gasteiger partial charge >= 0.3 is 0 Å². The van der Waals surface area contributed by atoms with Gasteiger partial charge in [0.1, 0.15) is 0 Å². The average molecular weight is 782 g/mol. The van der Waals surface area contributed by atoms with E-state index in [0.717, 1.165) is 17.1 Å². The molecule has 0 radical (unpaired) electrons.